The van der Waals surface area contributed by atoms with Crippen molar-refractivity contribution in [1.82, 2.24) is 4.98 Å². The molecule has 0 saturated heterocycles. The molecule has 0 bridgehead atoms. The first kappa shape index (κ1) is 14.1. The van der Waals surface area contributed by atoms with Crippen LogP contribution in [-0.4, -0.2) is 17.0 Å². The van der Waals surface area contributed by atoms with Crippen LogP contribution in [0, 0.1) is 0 Å². The molecule has 0 aliphatic heterocycles. The van der Waals surface area contributed by atoms with Crippen LogP contribution >= 0.6 is 12.4 Å². The number of rotatable bonds is 3. The topological polar surface area (TPSA) is 42.3 Å². The average Bonchev–Trinajstić information content (AvgIpc) is 2.38. The number of nitrogens with zero attached hydrogens (tertiary/aromatic N) is 2. The van der Waals surface area contributed by atoms with Crippen LogP contribution in [0.25, 0.3) is 0 Å². The Hall–Kier alpha value is -2.00. The van der Waals surface area contributed by atoms with Crippen LogP contribution < -0.4 is 0 Å². The van der Waals surface area contributed by atoms with Crippen LogP contribution in [0.3, 0.4) is 0 Å². The highest BCUT2D eigenvalue weighted by atomic mass is 35.5. The third kappa shape index (κ3) is 3.79. The molecule has 3 nitrogen and oxygen atoms in total. The van der Waals surface area contributed by atoms with E-state index in [0.29, 0.717) is 5.56 Å². The summed E-state index contributed by atoms with van der Waals surface area (Å²) in [6.45, 7) is 1.55. The number of hydrogen-bond donors (Lipinski definition) is 0. The van der Waals surface area contributed by atoms with Gasteiger partial charge in [0.1, 0.15) is 0 Å². The van der Waals surface area contributed by atoms with Crippen LogP contribution in [0.1, 0.15) is 22.8 Å². The van der Waals surface area contributed by atoms with Crippen molar-refractivity contribution in [3.05, 3.63) is 59.9 Å². The molecule has 0 saturated carbocycles. The van der Waals surface area contributed by atoms with E-state index in [1.807, 2.05) is 24.3 Å². The molecule has 4 heteroatoms. The van der Waals surface area contributed by atoms with E-state index in [9.17, 15) is 4.79 Å². The average molecular weight is 261 g/mol. The Labute approximate surface area is 112 Å². The molecule has 1 heterocycles. The molecule has 0 amide bonds. The molecule has 0 N–H and O–H groups in total. The molecule has 0 radical (unpaired) electrons. The fraction of sp³-hybridized carbons (Fsp3) is 0.0714. The fourth-order valence-corrected chi connectivity index (χ4v) is 1.40. The number of benzene rings is 1. The largest absolute Gasteiger partial charge is 0.295 e. The Morgan fingerprint density at radius 1 is 1.22 bits per heavy atom. The minimum Gasteiger partial charge on any atom is -0.295 e. The summed E-state index contributed by atoms with van der Waals surface area (Å²) in [4.78, 5) is 19.5. The van der Waals surface area contributed by atoms with E-state index in [4.69, 9.17) is 0 Å². The first-order chi connectivity index (χ1) is 8.25. The van der Waals surface area contributed by atoms with Gasteiger partial charge < -0.3 is 0 Å². The van der Waals surface area contributed by atoms with Crippen molar-refractivity contribution in [2.45, 2.75) is 6.92 Å². The van der Waals surface area contributed by atoms with Gasteiger partial charge in [-0.2, -0.15) is 0 Å². The van der Waals surface area contributed by atoms with Gasteiger partial charge in [-0.05, 0) is 36.8 Å². The molecule has 1 aromatic carbocycles. The Balaban J connectivity index is 0.00000162. The van der Waals surface area contributed by atoms with Crippen LogP contribution in [0.5, 0.6) is 0 Å². The number of hydrogen-bond acceptors (Lipinski definition) is 3. The molecule has 0 aliphatic rings. The van der Waals surface area contributed by atoms with E-state index in [1.165, 1.54) is 0 Å². The number of Topliss-reactive ketones (excluding diaryl/α,β-unsaturated/α-hetero) is 1. The molecular formula is C14H13ClN2O. The minimum absolute atomic E-state index is 0. The van der Waals surface area contributed by atoms with Crippen LogP contribution in [0.2, 0.25) is 0 Å². The summed E-state index contributed by atoms with van der Waals surface area (Å²) in [7, 11) is 0. The van der Waals surface area contributed by atoms with Gasteiger partial charge in [0.05, 0.1) is 5.69 Å². The highest BCUT2D eigenvalue weighted by molar-refractivity contribution is 5.95. The smallest absolute Gasteiger partial charge is 0.159 e. The second-order valence-electron chi connectivity index (χ2n) is 3.65. The Kier molecular flexibility index (Phi) is 5.21. The second kappa shape index (κ2) is 6.67. The quantitative estimate of drug-likeness (QED) is 0.627. The highest BCUT2D eigenvalue weighted by Gasteiger charge is 1.98. The number of aliphatic imine (C=N–C) groups is 1. The van der Waals surface area contributed by atoms with Crippen molar-refractivity contribution in [3.63, 3.8) is 0 Å². The molecule has 92 valence electrons. The molecule has 18 heavy (non-hydrogen) atoms. The van der Waals surface area contributed by atoms with Gasteiger partial charge in [0.15, 0.2) is 5.78 Å². The molecule has 2 aromatic rings. The van der Waals surface area contributed by atoms with E-state index in [0.717, 1.165) is 11.3 Å². The minimum atomic E-state index is 0. The maximum Gasteiger partial charge on any atom is 0.159 e. The fourth-order valence-electron chi connectivity index (χ4n) is 1.40. The molecule has 2 rings (SSSR count). The van der Waals surface area contributed by atoms with Gasteiger partial charge in [-0.3, -0.25) is 14.8 Å². The number of ketones is 1. The summed E-state index contributed by atoms with van der Waals surface area (Å²) < 4.78 is 0. The maximum absolute atomic E-state index is 11.2. The summed E-state index contributed by atoms with van der Waals surface area (Å²) in [5, 5.41) is 0. The molecular weight excluding hydrogens is 248 g/mol. The summed E-state index contributed by atoms with van der Waals surface area (Å²) >= 11 is 0. The third-order valence-corrected chi connectivity index (χ3v) is 2.32. The van der Waals surface area contributed by atoms with Gasteiger partial charge in [-0.25, -0.2) is 0 Å². The normalized spacial score (nSPS) is 10.1. The van der Waals surface area contributed by atoms with Crippen molar-refractivity contribution >= 4 is 30.1 Å². The van der Waals surface area contributed by atoms with Gasteiger partial charge in [0.2, 0.25) is 0 Å². The van der Waals surface area contributed by atoms with E-state index < -0.39 is 0 Å². The Bertz CT molecular complexity index is 553. The highest BCUT2D eigenvalue weighted by Crippen LogP contribution is 2.14. The van der Waals surface area contributed by atoms with Crippen molar-refractivity contribution in [2.75, 3.05) is 0 Å². The van der Waals surface area contributed by atoms with Crippen LogP contribution in [0.15, 0.2) is 53.8 Å². The van der Waals surface area contributed by atoms with Gasteiger partial charge >= 0.3 is 0 Å². The lowest BCUT2D eigenvalue weighted by atomic mass is 10.1. The predicted octanol–water partition coefficient (Wildman–Crippen LogP) is 3.46. The number of halogens is 1. The molecule has 1 aromatic heterocycles. The maximum atomic E-state index is 11.2. The first-order valence-electron chi connectivity index (χ1n) is 5.31. The summed E-state index contributed by atoms with van der Waals surface area (Å²) in [6, 6.07) is 11.0. The van der Waals surface area contributed by atoms with Gasteiger partial charge in [-0.1, -0.05) is 12.1 Å². The van der Waals surface area contributed by atoms with Crippen LogP contribution in [0.4, 0.5) is 5.69 Å². The SMILES string of the molecule is CC(=O)c1cccc(N=Cc2ccncc2)c1.Cl. The monoisotopic (exact) mass is 260 g/mol. The number of carbonyl (C=O) groups excluding carboxylic acids is 1. The zero-order valence-corrected chi connectivity index (χ0v) is 10.7. The van der Waals surface area contributed by atoms with Crippen molar-refractivity contribution in [2.24, 2.45) is 4.99 Å². The summed E-state index contributed by atoms with van der Waals surface area (Å²) in [5.74, 6) is 0.0472. The van der Waals surface area contributed by atoms with E-state index >= 15 is 0 Å². The molecule has 0 unspecified atom stereocenters. The zero-order valence-electron chi connectivity index (χ0n) is 9.91. The van der Waals surface area contributed by atoms with Gasteiger partial charge in [0.25, 0.3) is 0 Å². The lowest BCUT2D eigenvalue weighted by Crippen LogP contribution is -1.90. The lowest BCUT2D eigenvalue weighted by molar-refractivity contribution is 0.101. The second-order valence-corrected chi connectivity index (χ2v) is 3.65. The standard InChI is InChI=1S/C14H12N2O.ClH/c1-11(17)13-3-2-4-14(9-13)16-10-12-5-7-15-8-6-12;/h2-10H,1H3;1H. The molecule has 0 atom stereocenters. The van der Waals surface area contributed by atoms with E-state index in [2.05, 4.69) is 9.98 Å². The third-order valence-electron chi connectivity index (χ3n) is 2.32. The van der Waals surface area contributed by atoms with Crippen molar-refractivity contribution in [1.29, 1.82) is 0 Å². The Morgan fingerprint density at radius 3 is 2.61 bits per heavy atom. The zero-order chi connectivity index (χ0) is 12.1. The molecule has 0 aliphatic carbocycles. The Morgan fingerprint density at radius 2 is 1.94 bits per heavy atom. The summed E-state index contributed by atoms with van der Waals surface area (Å²) in [6.07, 6.45) is 5.18. The van der Waals surface area contributed by atoms with Crippen LogP contribution in [-0.2, 0) is 0 Å². The van der Waals surface area contributed by atoms with E-state index in [1.54, 1.807) is 37.7 Å². The van der Waals surface area contributed by atoms with Crippen molar-refractivity contribution < 1.29 is 4.79 Å². The summed E-state index contributed by atoms with van der Waals surface area (Å²) in [5.41, 5.74) is 2.43. The van der Waals surface area contributed by atoms with Gasteiger partial charge in [0, 0.05) is 24.2 Å². The number of carbonyl (C=O) groups is 1. The van der Waals surface area contributed by atoms with E-state index in [-0.39, 0.29) is 18.2 Å². The van der Waals surface area contributed by atoms with Gasteiger partial charge in [-0.15, -0.1) is 12.4 Å². The number of pyridine rings is 1. The number of aromatic nitrogens is 1. The van der Waals surface area contributed by atoms with Crippen molar-refractivity contribution in [3.8, 4) is 0 Å². The first-order valence-corrected chi connectivity index (χ1v) is 5.31. The lowest BCUT2D eigenvalue weighted by Gasteiger charge is -1.97. The molecule has 0 spiro atoms. The predicted molar refractivity (Wildman–Crippen MR) is 75.2 cm³/mol. The molecule has 0 fully saturated rings.